The van der Waals surface area contributed by atoms with Gasteiger partial charge >= 0.3 is 0 Å². The van der Waals surface area contributed by atoms with E-state index in [0.29, 0.717) is 12.3 Å². The summed E-state index contributed by atoms with van der Waals surface area (Å²) in [5.41, 5.74) is 1.09. The van der Waals surface area contributed by atoms with E-state index >= 15 is 0 Å². The summed E-state index contributed by atoms with van der Waals surface area (Å²) in [6, 6.07) is 7.86. The third-order valence-corrected chi connectivity index (χ3v) is 5.65. The second kappa shape index (κ2) is 6.42. The number of allylic oxidation sites excluding steroid dienone is 3. The van der Waals surface area contributed by atoms with Crippen LogP contribution in [0.15, 0.2) is 62.2 Å². The standard InChI is InChI=1S/C15H19OP/c1-4-9-14-10-7-8-11-15(14)17(16,12-5-2)13-6-3/h4-8,10-11H,1-3,9,12-13H2. The van der Waals surface area contributed by atoms with Gasteiger partial charge in [-0.2, -0.15) is 0 Å². The van der Waals surface area contributed by atoms with Gasteiger partial charge in [0.25, 0.3) is 0 Å². The molecule has 0 saturated carbocycles. The highest BCUT2D eigenvalue weighted by Gasteiger charge is 2.23. The van der Waals surface area contributed by atoms with E-state index in [4.69, 9.17) is 0 Å². The zero-order valence-electron chi connectivity index (χ0n) is 10.1. The van der Waals surface area contributed by atoms with E-state index in [-0.39, 0.29) is 0 Å². The van der Waals surface area contributed by atoms with E-state index < -0.39 is 7.14 Å². The molecule has 1 aromatic carbocycles. The normalized spacial score (nSPS) is 10.8. The molecule has 0 radical (unpaired) electrons. The molecule has 1 aromatic rings. The Bertz CT molecular complexity index is 446. The first kappa shape index (κ1) is 13.7. The quantitative estimate of drug-likeness (QED) is 0.528. The van der Waals surface area contributed by atoms with Crippen LogP contribution in [0.25, 0.3) is 0 Å². The maximum Gasteiger partial charge on any atom is 0.123 e. The van der Waals surface area contributed by atoms with Gasteiger partial charge in [-0.15, -0.1) is 19.7 Å². The Morgan fingerprint density at radius 1 is 1.00 bits per heavy atom. The Balaban J connectivity index is 3.26. The van der Waals surface area contributed by atoms with Crippen molar-refractivity contribution in [2.24, 2.45) is 0 Å². The molecule has 0 N–H and O–H groups in total. The summed E-state index contributed by atoms with van der Waals surface area (Å²) in [7, 11) is -2.42. The van der Waals surface area contributed by atoms with Crippen molar-refractivity contribution in [3.8, 4) is 0 Å². The molecule has 0 aliphatic heterocycles. The van der Waals surface area contributed by atoms with E-state index in [2.05, 4.69) is 19.7 Å². The van der Waals surface area contributed by atoms with Gasteiger partial charge in [-0.3, -0.25) is 0 Å². The highest BCUT2D eigenvalue weighted by atomic mass is 31.2. The summed E-state index contributed by atoms with van der Waals surface area (Å²) in [5.74, 6) is 0. The largest absolute Gasteiger partial charge is 0.318 e. The predicted molar refractivity (Wildman–Crippen MR) is 77.7 cm³/mol. The number of hydrogen-bond donors (Lipinski definition) is 0. The lowest BCUT2D eigenvalue weighted by Gasteiger charge is -2.18. The van der Waals surface area contributed by atoms with Crippen LogP contribution in [0.2, 0.25) is 0 Å². The first-order chi connectivity index (χ1) is 8.18. The maximum atomic E-state index is 12.9. The van der Waals surface area contributed by atoms with Crippen LogP contribution in [0.5, 0.6) is 0 Å². The maximum absolute atomic E-state index is 12.9. The molecule has 1 rings (SSSR count). The molecule has 0 fully saturated rings. The summed E-state index contributed by atoms with van der Waals surface area (Å²) in [6.07, 6.45) is 7.09. The molecule has 0 bridgehead atoms. The fraction of sp³-hybridized carbons (Fsp3) is 0.200. The van der Waals surface area contributed by atoms with Crippen molar-refractivity contribution in [2.45, 2.75) is 6.42 Å². The Kier molecular flexibility index (Phi) is 5.18. The van der Waals surface area contributed by atoms with Gasteiger partial charge in [-0.25, -0.2) is 0 Å². The minimum atomic E-state index is -2.42. The van der Waals surface area contributed by atoms with Crippen molar-refractivity contribution >= 4 is 12.4 Å². The van der Waals surface area contributed by atoms with Gasteiger partial charge in [-0.1, -0.05) is 42.5 Å². The van der Waals surface area contributed by atoms with E-state index in [1.807, 2.05) is 30.3 Å². The Hall–Kier alpha value is -1.33. The topological polar surface area (TPSA) is 17.1 Å². The minimum absolute atomic E-state index is 0.521. The van der Waals surface area contributed by atoms with Crippen molar-refractivity contribution in [1.29, 1.82) is 0 Å². The number of benzene rings is 1. The first-order valence-electron chi connectivity index (χ1n) is 5.67. The Morgan fingerprint density at radius 3 is 2.12 bits per heavy atom. The molecule has 90 valence electrons. The lowest BCUT2D eigenvalue weighted by Crippen LogP contribution is -2.14. The van der Waals surface area contributed by atoms with Crippen molar-refractivity contribution in [1.82, 2.24) is 0 Å². The van der Waals surface area contributed by atoms with Crippen LogP contribution in [-0.2, 0) is 11.0 Å². The van der Waals surface area contributed by atoms with Gasteiger partial charge in [0.15, 0.2) is 0 Å². The molecule has 1 nitrogen and oxygen atoms in total. The molecular formula is C15H19OP. The molecule has 0 unspecified atom stereocenters. The van der Waals surface area contributed by atoms with E-state index in [9.17, 15) is 4.57 Å². The average Bonchev–Trinajstić information content (AvgIpc) is 2.31. The molecule has 0 aromatic heterocycles. The minimum Gasteiger partial charge on any atom is -0.318 e. The zero-order valence-corrected chi connectivity index (χ0v) is 11.0. The highest BCUT2D eigenvalue weighted by molar-refractivity contribution is 7.72. The number of rotatable bonds is 7. The van der Waals surface area contributed by atoms with Crippen LogP contribution in [-0.4, -0.2) is 12.3 Å². The fourth-order valence-electron chi connectivity index (χ4n) is 1.92. The number of hydrogen-bond acceptors (Lipinski definition) is 1. The second-order valence-corrected chi connectivity index (χ2v) is 6.94. The SMILES string of the molecule is C=CCc1ccccc1P(=O)(CC=C)CC=C. The van der Waals surface area contributed by atoms with E-state index in [1.165, 1.54) is 0 Å². The lowest BCUT2D eigenvalue weighted by molar-refractivity contribution is 0.584. The third-order valence-electron chi connectivity index (χ3n) is 2.64. The second-order valence-electron chi connectivity index (χ2n) is 3.95. The van der Waals surface area contributed by atoms with Crippen LogP contribution < -0.4 is 5.30 Å². The summed E-state index contributed by atoms with van der Waals surface area (Å²) in [4.78, 5) is 0. The van der Waals surface area contributed by atoms with Crippen molar-refractivity contribution in [3.63, 3.8) is 0 Å². The highest BCUT2D eigenvalue weighted by Crippen LogP contribution is 2.45. The predicted octanol–water partition coefficient (Wildman–Crippen LogP) is 3.78. The molecule has 0 heterocycles. The van der Waals surface area contributed by atoms with Crippen molar-refractivity contribution < 1.29 is 4.57 Å². The summed E-state index contributed by atoms with van der Waals surface area (Å²) in [5, 5.41) is 0.944. The van der Waals surface area contributed by atoms with Crippen LogP contribution in [0, 0.1) is 0 Å². The lowest BCUT2D eigenvalue weighted by atomic mass is 10.1. The van der Waals surface area contributed by atoms with E-state index in [0.717, 1.165) is 17.3 Å². The van der Waals surface area contributed by atoms with E-state index in [1.54, 1.807) is 12.2 Å². The molecule has 0 atom stereocenters. The molecule has 2 heteroatoms. The van der Waals surface area contributed by atoms with Crippen LogP contribution >= 0.6 is 7.14 Å². The molecule has 0 aliphatic carbocycles. The van der Waals surface area contributed by atoms with Gasteiger partial charge in [0.05, 0.1) is 0 Å². The molecule has 17 heavy (non-hydrogen) atoms. The van der Waals surface area contributed by atoms with Crippen LogP contribution in [0.1, 0.15) is 5.56 Å². The Labute approximate surface area is 104 Å². The van der Waals surface area contributed by atoms with Crippen LogP contribution in [0.3, 0.4) is 0 Å². The summed E-state index contributed by atoms with van der Waals surface area (Å²) in [6.45, 7) is 11.1. The van der Waals surface area contributed by atoms with Gasteiger partial charge in [0.2, 0.25) is 0 Å². The Morgan fingerprint density at radius 2 is 1.59 bits per heavy atom. The van der Waals surface area contributed by atoms with Crippen LogP contribution in [0.4, 0.5) is 0 Å². The van der Waals surface area contributed by atoms with Gasteiger partial charge in [0.1, 0.15) is 7.14 Å². The summed E-state index contributed by atoms with van der Waals surface area (Å²) >= 11 is 0. The zero-order chi connectivity index (χ0) is 12.7. The molecular weight excluding hydrogens is 227 g/mol. The molecule has 0 saturated heterocycles. The molecule has 0 spiro atoms. The third kappa shape index (κ3) is 3.31. The van der Waals surface area contributed by atoms with Gasteiger partial charge in [-0.05, 0) is 12.0 Å². The summed E-state index contributed by atoms with van der Waals surface area (Å²) < 4.78 is 12.9. The monoisotopic (exact) mass is 246 g/mol. The fourth-order valence-corrected chi connectivity index (χ4v) is 4.35. The first-order valence-corrected chi connectivity index (χ1v) is 7.75. The average molecular weight is 246 g/mol. The van der Waals surface area contributed by atoms with Gasteiger partial charge < -0.3 is 4.57 Å². The van der Waals surface area contributed by atoms with Crippen molar-refractivity contribution in [2.75, 3.05) is 12.3 Å². The molecule has 0 aliphatic rings. The smallest absolute Gasteiger partial charge is 0.123 e. The van der Waals surface area contributed by atoms with Crippen molar-refractivity contribution in [3.05, 3.63) is 67.8 Å². The molecule has 0 amide bonds. The van der Waals surface area contributed by atoms with Gasteiger partial charge in [0, 0.05) is 17.6 Å².